The number of imidazole rings is 1. The van der Waals surface area contributed by atoms with Crippen LogP contribution in [-0.2, 0) is 9.05 Å². The smallest absolute Gasteiger partial charge is 0.261 e. The predicted molar refractivity (Wildman–Crippen MR) is 65.7 cm³/mol. The van der Waals surface area contributed by atoms with Gasteiger partial charge in [0.05, 0.1) is 15.9 Å². The number of fused-ring (bicyclic) bond motifs is 1. The third kappa shape index (κ3) is 1.93. The summed E-state index contributed by atoms with van der Waals surface area (Å²) in [7, 11) is 1.63. The number of hydrogen-bond donors (Lipinski definition) is 1. The van der Waals surface area contributed by atoms with E-state index in [0.717, 1.165) is 29.7 Å². The minimum atomic E-state index is -3.67. The van der Waals surface area contributed by atoms with Crippen molar-refractivity contribution in [2.45, 2.75) is 30.1 Å². The first-order valence-electron chi connectivity index (χ1n) is 5.48. The fourth-order valence-electron chi connectivity index (χ4n) is 2.04. The van der Waals surface area contributed by atoms with E-state index in [4.69, 9.17) is 10.7 Å². The summed E-state index contributed by atoms with van der Waals surface area (Å²) in [5.41, 5.74) is 1.52. The number of benzene rings is 1. The van der Waals surface area contributed by atoms with Crippen LogP contribution in [0.2, 0.25) is 0 Å². The van der Waals surface area contributed by atoms with Gasteiger partial charge in [0.15, 0.2) is 0 Å². The molecule has 0 radical (unpaired) electrons. The van der Waals surface area contributed by atoms with Crippen LogP contribution in [0.15, 0.2) is 23.1 Å². The quantitative estimate of drug-likeness (QED) is 0.854. The standard InChI is InChI=1S/C11H11ClN2O2S/c12-17(15,16)8-4-5-9-10(6-8)14-11(13-9)7-2-1-3-7/h4-7H,1-3H2,(H,13,14). The van der Waals surface area contributed by atoms with Crippen molar-refractivity contribution >= 4 is 30.8 Å². The van der Waals surface area contributed by atoms with Crippen LogP contribution in [0, 0.1) is 0 Å². The number of nitrogens with zero attached hydrogens (tertiary/aromatic N) is 1. The van der Waals surface area contributed by atoms with E-state index in [1.54, 1.807) is 6.07 Å². The van der Waals surface area contributed by atoms with Crippen LogP contribution in [-0.4, -0.2) is 18.4 Å². The average Bonchev–Trinajstić information content (AvgIpc) is 2.54. The van der Waals surface area contributed by atoms with Crippen molar-refractivity contribution < 1.29 is 8.42 Å². The summed E-state index contributed by atoms with van der Waals surface area (Å²) in [6.45, 7) is 0. The fourth-order valence-corrected chi connectivity index (χ4v) is 2.81. The predicted octanol–water partition coefficient (Wildman–Crippen LogP) is 2.76. The second-order valence-electron chi connectivity index (χ2n) is 4.37. The van der Waals surface area contributed by atoms with Gasteiger partial charge in [0.1, 0.15) is 5.82 Å². The molecule has 2 aromatic rings. The van der Waals surface area contributed by atoms with E-state index in [1.807, 2.05) is 0 Å². The molecule has 17 heavy (non-hydrogen) atoms. The molecule has 1 saturated carbocycles. The van der Waals surface area contributed by atoms with E-state index in [0.29, 0.717) is 5.92 Å². The molecule has 4 nitrogen and oxygen atoms in total. The summed E-state index contributed by atoms with van der Waals surface area (Å²) < 4.78 is 22.4. The molecule has 3 rings (SSSR count). The third-order valence-electron chi connectivity index (χ3n) is 3.25. The monoisotopic (exact) mass is 270 g/mol. The third-order valence-corrected chi connectivity index (χ3v) is 4.60. The molecule has 0 bridgehead atoms. The summed E-state index contributed by atoms with van der Waals surface area (Å²) in [6, 6.07) is 4.70. The number of rotatable bonds is 2. The molecule has 1 fully saturated rings. The SMILES string of the molecule is O=S(=O)(Cl)c1ccc2nc(C3CCC3)[nH]c2c1. The Morgan fingerprint density at radius 3 is 2.71 bits per heavy atom. The number of hydrogen-bond acceptors (Lipinski definition) is 3. The topological polar surface area (TPSA) is 62.8 Å². The fraction of sp³-hybridized carbons (Fsp3) is 0.364. The number of aromatic nitrogens is 2. The first-order chi connectivity index (χ1) is 8.04. The summed E-state index contributed by atoms with van der Waals surface area (Å²) in [6.07, 6.45) is 3.55. The van der Waals surface area contributed by atoms with Gasteiger partial charge in [-0.15, -0.1) is 0 Å². The minimum Gasteiger partial charge on any atom is -0.342 e. The highest BCUT2D eigenvalue weighted by molar-refractivity contribution is 8.13. The maximum atomic E-state index is 11.2. The maximum absolute atomic E-state index is 11.2. The molecule has 1 aromatic carbocycles. The van der Waals surface area contributed by atoms with Crippen LogP contribution in [0.5, 0.6) is 0 Å². The molecule has 1 aromatic heterocycles. The summed E-state index contributed by atoms with van der Waals surface area (Å²) in [5.74, 6) is 1.45. The van der Waals surface area contributed by atoms with E-state index in [-0.39, 0.29) is 4.90 Å². The minimum absolute atomic E-state index is 0.107. The molecule has 0 spiro atoms. The molecule has 1 aliphatic rings. The molecular weight excluding hydrogens is 260 g/mol. The number of halogens is 1. The van der Waals surface area contributed by atoms with Gasteiger partial charge in [-0.3, -0.25) is 0 Å². The van der Waals surface area contributed by atoms with E-state index in [1.165, 1.54) is 18.6 Å². The van der Waals surface area contributed by atoms with Gasteiger partial charge >= 0.3 is 0 Å². The van der Waals surface area contributed by atoms with Gasteiger partial charge in [0, 0.05) is 16.6 Å². The number of aromatic amines is 1. The average molecular weight is 271 g/mol. The van der Waals surface area contributed by atoms with Crippen LogP contribution in [0.1, 0.15) is 31.0 Å². The molecule has 0 amide bonds. The molecule has 1 N–H and O–H groups in total. The normalized spacial score (nSPS) is 17.2. The van der Waals surface area contributed by atoms with Crippen LogP contribution in [0.4, 0.5) is 0 Å². The lowest BCUT2D eigenvalue weighted by atomic mass is 9.85. The van der Waals surface area contributed by atoms with Crippen LogP contribution in [0.25, 0.3) is 11.0 Å². The maximum Gasteiger partial charge on any atom is 0.261 e. The first kappa shape index (κ1) is 11.0. The summed E-state index contributed by atoms with van der Waals surface area (Å²) >= 11 is 0. The van der Waals surface area contributed by atoms with E-state index >= 15 is 0 Å². The molecule has 1 aliphatic carbocycles. The molecular formula is C11H11ClN2O2S. The van der Waals surface area contributed by atoms with Crippen molar-refractivity contribution in [3.8, 4) is 0 Å². The molecule has 90 valence electrons. The van der Waals surface area contributed by atoms with Gasteiger partial charge in [-0.2, -0.15) is 0 Å². The number of nitrogens with one attached hydrogen (secondary N) is 1. The molecule has 0 saturated heterocycles. The van der Waals surface area contributed by atoms with Gasteiger partial charge in [0.2, 0.25) is 0 Å². The second kappa shape index (κ2) is 3.71. The zero-order valence-corrected chi connectivity index (χ0v) is 10.6. The largest absolute Gasteiger partial charge is 0.342 e. The Labute approximate surface area is 103 Å². The van der Waals surface area contributed by atoms with Crippen LogP contribution in [0.3, 0.4) is 0 Å². The first-order valence-corrected chi connectivity index (χ1v) is 7.79. The van der Waals surface area contributed by atoms with Crippen molar-refractivity contribution in [3.05, 3.63) is 24.0 Å². The Morgan fingerprint density at radius 1 is 1.35 bits per heavy atom. The van der Waals surface area contributed by atoms with E-state index < -0.39 is 9.05 Å². The van der Waals surface area contributed by atoms with Gasteiger partial charge in [-0.05, 0) is 31.0 Å². The molecule has 0 aliphatic heterocycles. The summed E-state index contributed by atoms with van der Waals surface area (Å²) in [5, 5.41) is 0. The van der Waals surface area contributed by atoms with Crippen LogP contribution >= 0.6 is 10.7 Å². The Bertz CT molecular complexity index is 674. The van der Waals surface area contributed by atoms with E-state index in [2.05, 4.69) is 9.97 Å². The van der Waals surface area contributed by atoms with Gasteiger partial charge in [-0.1, -0.05) is 6.42 Å². The van der Waals surface area contributed by atoms with E-state index in [9.17, 15) is 8.42 Å². The lowest BCUT2D eigenvalue weighted by Crippen LogP contribution is -2.10. The van der Waals surface area contributed by atoms with Gasteiger partial charge in [-0.25, -0.2) is 13.4 Å². The van der Waals surface area contributed by atoms with Crippen molar-refractivity contribution in [2.75, 3.05) is 0 Å². The molecule has 6 heteroatoms. The highest BCUT2D eigenvalue weighted by atomic mass is 35.7. The van der Waals surface area contributed by atoms with Crippen molar-refractivity contribution in [3.63, 3.8) is 0 Å². The Hall–Kier alpha value is -1.07. The van der Waals surface area contributed by atoms with Crippen LogP contribution < -0.4 is 0 Å². The summed E-state index contributed by atoms with van der Waals surface area (Å²) in [4.78, 5) is 7.75. The lowest BCUT2D eigenvalue weighted by Gasteiger charge is -2.22. The van der Waals surface area contributed by atoms with Gasteiger partial charge in [0.25, 0.3) is 9.05 Å². The Morgan fingerprint density at radius 2 is 2.12 bits per heavy atom. The Balaban J connectivity index is 2.10. The molecule has 0 unspecified atom stereocenters. The second-order valence-corrected chi connectivity index (χ2v) is 6.93. The molecule has 1 heterocycles. The zero-order valence-electron chi connectivity index (χ0n) is 8.98. The van der Waals surface area contributed by atoms with Crippen molar-refractivity contribution in [1.29, 1.82) is 0 Å². The van der Waals surface area contributed by atoms with Crippen molar-refractivity contribution in [1.82, 2.24) is 9.97 Å². The lowest BCUT2D eigenvalue weighted by molar-refractivity contribution is 0.405. The highest BCUT2D eigenvalue weighted by Gasteiger charge is 2.23. The molecule has 0 atom stereocenters. The van der Waals surface area contributed by atoms with Crippen molar-refractivity contribution in [2.24, 2.45) is 0 Å². The highest BCUT2D eigenvalue weighted by Crippen LogP contribution is 2.35. The number of H-pyrrole nitrogens is 1. The Kier molecular flexibility index (Phi) is 2.41. The van der Waals surface area contributed by atoms with Gasteiger partial charge < -0.3 is 4.98 Å². The zero-order chi connectivity index (χ0) is 12.0.